The quantitative estimate of drug-likeness (QED) is 0.784. The lowest BCUT2D eigenvalue weighted by molar-refractivity contribution is -0.153. The normalized spacial score (nSPS) is 40.2. The van der Waals surface area contributed by atoms with E-state index in [1.807, 2.05) is 0 Å². The van der Waals surface area contributed by atoms with Crippen molar-refractivity contribution in [1.82, 2.24) is 4.90 Å². The Morgan fingerprint density at radius 1 is 1.50 bits per heavy atom. The summed E-state index contributed by atoms with van der Waals surface area (Å²) in [6, 6.07) is 5.36. The van der Waals surface area contributed by atoms with Gasteiger partial charge in [0.1, 0.15) is 0 Å². The van der Waals surface area contributed by atoms with E-state index in [0.717, 1.165) is 19.4 Å². The third-order valence-electron chi connectivity index (χ3n) is 5.25. The maximum absolute atomic E-state index is 12.2. The zero-order valence-electron chi connectivity index (χ0n) is 11.6. The monoisotopic (exact) mass is 289 g/mol. The van der Waals surface area contributed by atoms with Gasteiger partial charge in [0.15, 0.2) is 0 Å². The molecule has 4 heteroatoms. The number of carbonyl (C=O) groups excluding carboxylic acids is 1. The topological polar surface area (TPSA) is 29.5 Å². The molecule has 0 amide bonds. The zero-order chi connectivity index (χ0) is 13.7. The van der Waals surface area contributed by atoms with E-state index in [-0.39, 0.29) is 11.9 Å². The van der Waals surface area contributed by atoms with Gasteiger partial charge in [0.25, 0.3) is 0 Å². The molecular formula is C16H19NO2S. The molecule has 3 nitrogen and oxygen atoms in total. The average molecular weight is 289 g/mol. The van der Waals surface area contributed by atoms with Crippen LogP contribution in [-0.4, -0.2) is 36.6 Å². The van der Waals surface area contributed by atoms with Crippen LogP contribution < -0.4 is 0 Å². The molecular weight excluding hydrogens is 270 g/mol. The molecule has 5 heterocycles. The maximum Gasteiger partial charge on any atom is 0.310 e. The van der Waals surface area contributed by atoms with Gasteiger partial charge < -0.3 is 4.74 Å². The second kappa shape index (κ2) is 4.71. The van der Waals surface area contributed by atoms with E-state index in [2.05, 4.69) is 28.5 Å². The van der Waals surface area contributed by atoms with Crippen LogP contribution in [0.25, 0.3) is 6.08 Å². The van der Waals surface area contributed by atoms with Crippen molar-refractivity contribution >= 4 is 23.4 Å². The van der Waals surface area contributed by atoms with Crippen molar-refractivity contribution in [1.29, 1.82) is 0 Å². The third kappa shape index (κ3) is 1.78. The number of hydrogen-bond acceptors (Lipinski definition) is 4. The summed E-state index contributed by atoms with van der Waals surface area (Å²) >= 11 is 1.77. The molecule has 5 rings (SSSR count). The Hall–Kier alpha value is -1.13. The second-order valence-corrected chi connectivity index (χ2v) is 7.08. The highest BCUT2D eigenvalue weighted by Crippen LogP contribution is 2.50. The predicted octanol–water partition coefficient (Wildman–Crippen LogP) is 2.79. The van der Waals surface area contributed by atoms with E-state index in [9.17, 15) is 4.79 Å². The number of piperidine rings is 3. The number of methoxy groups -OCH3 is 1. The summed E-state index contributed by atoms with van der Waals surface area (Å²) in [5.74, 6) is 0.438. The van der Waals surface area contributed by atoms with E-state index in [1.54, 1.807) is 11.3 Å². The molecule has 0 aliphatic carbocycles. The van der Waals surface area contributed by atoms with Crippen LogP contribution in [0.2, 0.25) is 0 Å². The first-order valence-corrected chi connectivity index (χ1v) is 8.23. The maximum atomic E-state index is 12.2. The van der Waals surface area contributed by atoms with Crippen LogP contribution >= 0.6 is 11.3 Å². The van der Waals surface area contributed by atoms with Crippen LogP contribution in [0.5, 0.6) is 0 Å². The highest BCUT2D eigenvalue weighted by Gasteiger charge is 2.55. The molecule has 4 saturated heterocycles. The molecule has 4 fully saturated rings. The molecule has 20 heavy (non-hydrogen) atoms. The lowest BCUT2D eigenvalue weighted by atomic mass is 9.71. The van der Waals surface area contributed by atoms with E-state index in [0.29, 0.717) is 18.0 Å². The van der Waals surface area contributed by atoms with Gasteiger partial charge in [0.05, 0.1) is 13.0 Å². The molecule has 0 N–H and O–H groups in total. The van der Waals surface area contributed by atoms with Gasteiger partial charge in [0.2, 0.25) is 0 Å². The van der Waals surface area contributed by atoms with E-state index < -0.39 is 0 Å². The first-order chi connectivity index (χ1) is 9.78. The van der Waals surface area contributed by atoms with Crippen molar-refractivity contribution in [3.05, 3.63) is 28.0 Å². The minimum atomic E-state index is -0.0119. The molecule has 1 aromatic rings. The summed E-state index contributed by atoms with van der Waals surface area (Å²) in [6.45, 7) is 1.05. The summed E-state index contributed by atoms with van der Waals surface area (Å²) < 4.78 is 5.09. The molecule has 0 saturated carbocycles. The lowest BCUT2D eigenvalue weighted by Gasteiger charge is -2.50. The fourth-order valence-corrected chi connectivity index (χ4v) is 5.13. The van der Waals surface area contributed by atoms with Crippen molar-refractivity contribution in [3.63, 3.8) is 0 Å². The summed E-state index contributed by atoms with van der Waals surface area (Å²) in [6.07, 6.45) is 5.84. The summed E-state index contributed by atoms with van der Waals surface area (Å²) in [7, 11) is 1.52. The van der Waals surface area contributed by atoms with Crippen molar-refractivity contribution in [2.75, 3.05) is 13.7 Å². The number of rotatable bonds is 2. The number of nitrogens with zero attached hydrogens (tertiary/aromatic N) is 1. The van der Waals surface area contributed by atoms with Crippen LogP contribution in [0, 0.1) is 11.8 Å². The first-order valence-electron chi connectivity index (χ1n) is 7.35. The van der Waals surface area contributed by atoms with E-state index in [1.165, 1.54) is 24.0 Å². The Bertz CT molecular complexity index is 551. The molecule has 4 bridgehead atoms. The van der Waals surface area contributed by atoms with E-state index in [4.69, 9.17) is 4.74 Å². The number of ether oxygens (including phenoxy) is 1. The highest BCUT2D eigenvalue weighted by atomic mass is 32.1. The molecule has 4 aliphatic rings. The minimum Gasteiger partial charge on any atom is -0.469 e. The largest absolute Gasteiger partial charge is 0.469 e. The van der Waals surface area contributed by atoms with E-state index >= 15 is 0 Å². The Balaban J connectivity index is 1.70. The van der Waals surface area contributed by atoms with Gasteiger partial charge >= 0.3 is 5.97 Å². The number of esters is 1. The Kier molecular flexibility index (Phi) is 2.97. The van der Waals surface area contributed by atoms with Gasteiger partial charge in [-0.05, 0) is 42.7 Å². The van der Waals surface area contributed by atoms with Crippen LogP contribution in [0.15, 0.2) is 23.1 Å². The lowest BCUT2D eigenvalue weighted by Crippen LogP contribution is -2.58. The molecule has 0 spiro atoms. The molecule has 0 aromatic carbocycles. The summed E-state index contributed by atoms with van der Waals surface area (Å²) in [5, 5.41) is 2.11. The Morgan fingerprint density at radius 3 is 3.15 bits per heavy atom. The Morgan fingerprint density at radius 2 is 2.40 bits per heavy atom. The van der Waals surface area contributed by atoms with Gasteiger partial charge in [-0.3, -0.25) is 9.69 Å². The van der Waals surface area contributed by atoms with Crippen LogP contribution in [-0.2, 0) is 9.53 Å². The van der Waals surface area contributed by atoms with Gasteiger partial charge in [-0.25, -0.2) is 0 Å². The van der Waals surface area contributed by atoms with Crippen LogP contribution in [0.3, 0.4) is 0 Å². The number of fused-ring (bicyclic) bond motifs is 1. The van der Waals surface area contributed by atoms with Crippen molar-refractivity contribution in [2.45, 2.75) is 31.3 Å². The minimum absolute atomic E-state index is 0.0119. The SMILES string of the molecule is COC(=O)[C@@H]1[C@@H]2C[C@@H]3CC[C@H]1N3C/C2=C\c1cccs1. The molecule has 0 radical (unpaired) electrons. The molecule has 106 valence electrons. The van der Waals surface area contributed by atoms with Gasteiger partial charge in [-0.2, -0.15) is 0 Å². The summed E-state index contributed by atoms with van der Waals surface area (Å²) in [5.41, 5.74) is 1.43. The fraction of sp³-hybridized carbons (Fsp3) is 0.562. The van der Waals surface area contributed by atoms with Crippen molar-refractivity contribution < 1.29 is 9.53 Å². The fourth-order valence-electron chi connectivity index (χ4n) is 4.44. The van der Waals surface area contributed by atoms with Gasteiger partial charge in [-0.1, -0.05) is 11.6 Å². The molecule has 1 unspecified atom stereocenters. The molecule has 4 aliphatic heterocycles. The van der Waals surface area contributed by atoms with Crippen LogP contribution in [0.1, 0.15) is 24.1 Å². The van der Waals surface area contributed by atoms with Crippen molar-refractivity contribution in [2.24, 2.45) is 11.8 Å². The number of carbonyl (C=O) groups is 1. The average Bonchev–Trinajstić information content (AvgIpc) is 3.07. The number of hydrogen-bond donors (Lipinski definition) is 0. The number of thiophene rings is 1. The standard InChI is InChI=1S/C16H19NO2S/c1-19-16(18)15-13-8-11-4-5-14(15)17(11)9-10(13)7-12-3-2-6-20-12/h2-3,6-7,11,13-15H,4-5,8-9H2,1H3/b10-7+/t11-,13+,14+,15+/m0/s1. The summed E-state index contributed by atoms with van der Waals surface area (Å²) in [4.78, 5) is 16.1. The second-order valence-electron chi connectivity index (χ2n) is 6.10. The zero-order valence-corrected chi connectivity index (χ0v) is 12.4. The molecule has 5 atom stereocenters. The smallest absolute Gasteiger partial charge is 0.310 e. The third-order valence-corrected chi connectivity index (χ3v) is 6.07. The van der Waals surface area contributed by atoms with Crippen molar-refractivity contribution in [3.8, 4) is 0 Å². The predicted molar refractivity (Wildman–Crippen MR) is 79.4 cm³/mol. The van der Waals surface area contributed by atoms with Crippen LogP contribution in [0.4, 0.5) is 0 Å². The Labute approximate surface area is 123 Å². The highest BCUT2D eigenvalue weighted by molar-refractivity contribution is 7.10. The first kappa shape index (κ1) is 12.6. The van der Waals surface area contributed by atoms with Gasteiger partial charge in [-0.15, -0.1) is 11.3 Å². The van der Waals surface area contributed by atoms with Gasteiger partial charge in [0, 0.05) is 23.5 Å². The molecule has 1 aromatic heterocycles.